The van der Waals surface area contributed by atoms with Crippen molar-refractivity contribution in [1.29, 1.82) is 0 Å². The summed E-state index contributed by atoms with van der Waals surface area (Å²) in [5.74, 6) is 0. The molecule has 3 nitrogen and oxygen atoms in total. The summed E-state index contributed by atoms with van der Waals surface area (Å²) in [6.45, 7) is 0. The van der Waals surface area contributed by atoms with Crippen LogP contribution in [-0.4, -0.2) is 9.97 Å². The van der Waals surface area contributed by atoms with Crippen LogP contribution >= 0.6 is 0 Å². The predicted octanol–water partition coefficient (Wildman–Crippen LogP) is 3.23. The highest BCUT2D eigenvalue weighted by Gasteiger charge is 2.08. The van der Waals surface area contributed by atoms with Gasteiger partial charge in [0.05, 0.1) is 11.0 Å². The average Bonchev–Trinajstić information content (AvgIpc) is 2.47. The molecule has 90 valence electrons. The van der Waals surface area contributed by atoms with Crippen LogP contribution in [0.1, 0.15) is 0 Å². The quantitative estimate of drug-likeness (QED) is 0.484. The topological polar surface area (TPSA) is 45.8 Å². The molecule has 0 unspecified atom stereocenters. The fourth-order valence-corrected chi connectivity index (χ4v) is 2.66. The van der Waals surface area contributed by atoms with Crippen LogP contribution in [-0.2, 0) is 0 Å². The van der Waals surface area contributed by atoms with Crippen molar-refractivity contribution in [2.24, 2.45) is 0 Å². The molecule has 0 aliphatic rings. The Kier molecular flexibility index (Phi) is 1.97. The highest BCUT2D eigenvalue weighted by molar-refractivity contribution is 6.22. The van der Waals surface area contributed by atoms with Gasteiger partial charge in [-0.3, -0.25) is 9.78 Å². The van der Waals surface area contributed by atoms with Crippen LogP contribution in [0.5, 0.6) is 0 Å². The Labute approximate surface area is 108 Å². The first-order valence-corrected chi connectivity index (χ1v) is 6.12. The van der Waals surface area contributed by atoms with Crippen molar-refractivity contribution in [3.05, 3.63) is 65.1 Å². The summed E-state index contributed by atoms with van der Waals surface area (Å²) in [5.41, 5.74) is 1.82. The summed E-state index contributed by atoms with van der Waals surface area (Å²) in [7, 11) is 0. The van der Waals surface area contributed by atoms with E-state index in [1.807, 2.05) is 24.4 Å². The van der Waals surface area contributed by atoms with E-state index in [2.05, 4.69) is 22.1 Å². The number of fused-ring (bicyclic) bond motifs is 6. The van der Waals surface area contributed by atoms with Crippen molar-refractivity contribution in [2.45, 2.75) is 0 Å². The molecular weight excluding hydrogens is 236 g/mol. The zero-order valence-corrected chi connectivity index (χ0v) is 10.1. The monoisotopic (exact) mass is 246 g/mol. The molecule has 0 bridgehead atoms. The SMILES string of the molecule is O=c1ccc2c3ccccc3c3[nH]ccnc3c2c1. The van der Waals surface area contributed by atoms with Gasteiger partial charge in [-0.1, -0.05) is 24.3 Å². The van der Waals surface area contributed by atoms with Gasteiger partial charge in [-0.2, -0.15) is 0 Å². The van der Waals surface area contributed by atoms with Gasteiger partial charge in [-0.15, -0.1) is 0 Å². The third-order valence-electron chi connectivity index (χ3n) is 3.48. The highest BCUT2D eigenvalue weighted by Crippen LogP contribution is 2.31. The molecule has 3 heteroatoms. The Morgan fingerprint density at radius 3 is 2.58 bits per heavy atom. The number of H-pyrrole nitrogens is 1. The summed E-state index contributed by atoms with van der Waals surface area (Å²) < 4.78 is 0. The van der Waals surface area contributed by atoms with E-state index in [1.54, 1.807) is 18.3 Å². The molecule has 4 aromatic rings. The molecule has 0 atom stereocenters. The Morgan fingerprint density at radius 2 is 1.68 bits per heavy atom. The highest BCUT2D eigenvalue weighted by atomic mass is 16.1. The molecule has 0 spiro atoms. The molecule has 0 fully saturated rings. The lowest BCUT2D eigenvalue weighted by atomic mass is 9.99. The molecule has 0 saturated heterocycles. The minimum atomic E-state index is 0.00901. The molecule has 19 heavy (non-hydrogen) atoms. The zero-order chi connectivity index (χ0) is 12.8. The Hall–Kier alpha value is -2.68. The number of hydrogen-bond acceptors (Lipinski definition) is 2. The van der Waals surface area contributed by atoms with Crippen LogP contribution in [0, 0.1) is 0 Å². The molecular formula is C16H10N2O. The lowest BCUT2D eigenvalue weighted by molar-refractivity contribution is 1.31. The number of nitrogens with one attached hydrogen (secondary N) is 1. The number of rotatable bonds is 0. The van der Waals surface area contributed by atoms with Gasteiger partial charge in [-0.05, 0) is 29.0 Å². The van der Waals surface area contributed by atoms with Crippen LogP contribution in [0.3, 0.4) is 0 Å². The zero-order valence-electron chi connectivity index (χ0n) is 10.1. The Balaban J connectivity index is 2.47. The molecule has 1 aromatic heterocycles. The standard InChI is InChI=1S/C16H10N2O/c19-10-5-6-12-11-3-1-2-4-13(11)15-16(14(12)9-10)18-8-7-17-15/h1-9,17H. The maximum absolute atomic E-state index is 11.6. The minimum Gasteiger partial charge on any atom is -0.358 e. The van der Waals surface area contributed by atoms with Crippen molar-refractivity contribution in [3.63, 3.8) is 0 Å². The second-order valence-corrected chi connectivity index (χ2v) is 4.57. The van der Waals surface area contributed by atoms with Gasteiger partial charge < -0.3 is 4.98 Å². The summed E-state index contributed by atoms with van der Waals surface area (Å²) >= 11 is 0. The predicted molar refractivity (Wildman–Crippen MR) is 77.4 cm³/mol. The van der Waals surface area contributed by atoms with E-state index < -0.39 is 0 Å². The van der Waals surface area contributed by atoms with Crippen LogP contribution in [0.15, 0.2) is 59.7 Å². The van der Waals surface area contributed by atoms with Gasteiger partial charge in [0.1, 0.15) is 0 Å². The lowest BCUT2D eigenvalue weighted by Crippen LogP contribution is -1.96. The summed E-state index contributed by atoms with van der Waals surface area (Å²) in [6.07, 6.45) is 3.52. The molecule has 1 N–H and O–H groups in total. The van der Waals surface area contributed by atoms with Gasteiger partial charge in [0, 0.05) is 23.2 Å². The Morgan fingerprint density at radius 1 is 0.895 bits per heavy atom. The van der Waals surface area contributed by atoms with E-state index in [1.165, 1.54) is 0 Å². The third kappa shape index (κ3) is 1.38. The normalized spacial score (nSPS) is 11.4. The van der Waals surface area contributed by atoms with Crippen LogP contribution in [0.25, 0.3) is 32.6 Å². The van der Waals surface area contributed by atoms with E-state index in [0.717, 1.165) is 32.6 Å². The molecule has 0 aliphatic heterocycles. The van der Waals surface area contributed by atoms with Crippen molar-refractivity contribution in [2.75, 3.05) is 0 Å². The van der Waals surface area contributed by atoms with Crippen molar-refractivity contribution >= 4 is 32.6 Å². The summed E-state index contributed by atoms with van der Waals surface area (Å²) in [6, 6.07) is 13.3. The van der Waals surface area contributed by atoms with Gasteiger partial charge >= 0.3 is 0 Å². The molecule has 4 rings (SSSR count). The molecule has 0 radical (unpaired) electrons. The van der Waals surface area contributed by atoms with E-state index in [-0.39, 0.29) is 5.43 Å². The summed E-state index contributed by atoms with van der Waals surface area (Å²) in [5, 5.41) is 4.22. The van der Waals surface area contributed by atoms with Crippen molar-refractivity contribution in [3.8, 4) is 0 Å². The fourth-order valence-electron chi connectivity index (χ4n) is 2.66. The number of aromatic amines is 1. The average molecular weight is 246 g/mol. The van der Waals surface area contributed by atoms with Crippen LogP contribution in [0.2, 0.25) is 0 Å². The van der Waals surface area contributed by atoms with E-state index in [9.17, 15) is 4.79 Å². The Bertz CT molecular complexity index is 951. The first-order valence-electron chi connectivity index (χ1n) is 6.12. The molecule has 3 aromatic carbocycles. The second kappa shape index (κ2) is 3.65. The first-order chi connectivity index (χ1) is 9.34. The molecule has 0 aliphatic carbocycles. The van der Waals surface area contributed by atoms with Crippen LogP contribution < -0.4 is 5.43 Å². The smallest absolute Gasteiger partial charge is 0.179 e. The van der Waals surface area contributed by atoms with Gasteiger partial charge in [-0.25, -0.2) is 0 Å². The minimum absolute atomic E-state index is 0.00901. The second-order valence-electron chi connectivity index (χ2n) is 4.57. The van der Waals surface area contributed by atoms with Gasteiger partial charge in [0.15, 0.2) is 5.43 Å². The largest absolute Gasteiger partial charge is 0.358 e. The number of aromatic nitrogens is 2. The maximum Gasteiger partial charge on any atom is 0.179 e. The van der Waals surface area contributed by atoms with E-state index >= 15 is 0 Å². The molecule has 1 heterocycles. The molecule has 0 amide bonds. The third-order valence-corrected chi connectivity index (χ3v) is 3.48. The van der Waals surface area contributed by atoms with E-state index in [4.69, 9.17) is 0 Å². The number of nitrogens with zero attached hydrogens (tertiary/aromatic N) is 1. The van der Waals surface area contributed by atoms with Crippen molar-refractivity contribution < 1.29 is 0 Å². The summed E-state index contributed by atoms with van der Waals surface area (Å²) in [4.78, 5) is 19.3. The number of hydrogen-bond donors (Lipinski definition) is 1. The molecule has 0 saturated carbocycles. The van der Waals surface area contributed by atoms with Gasteiger partial charge in [0.25, 0.3) is 0 Å². The fraction of sp³-hybridized carbons (Fsp3) is 0. The van der Waals surface area contributed by atoms with Crippen LogP contribution in [0.4, 0.5) is 0 Å². The first kappa shape index (κ1) is 10.3. The lowest BCUT2D eigenvalue weighted by Gasteiger charge is -2.08. The van der Waals surface area contributed by atoms with E-state index in [0.29, 0.717) is 0 Å². The number of benzene rings is 3. The van der Waals surface area contributed by atoms with Crippen molar-refractivity contribution in [1.82, 2.24) is 9.97 Å². The maximum atomic E-state index is 11.6. The van der Waals surface area contributed by atoms with Gasteiger partial charge in [0.2, 0.25) is 0 Å².